The molecule has 3 rings (SSSR count). The van der Waals surface area contributed by atoms with Gasteiger partial charge in [0.25, 0.3) is 15.9 Å². The number of hydrogen-bond acceptors (Lipinski definition) is 4. The molecule has 0 fully saturated rings. The van der Waals surface area contributed by atoms with Crippen LogP contribution in [0.25, 0.3) is 0 Å². The van der Waals surface area contributed by atoms with Gasteiger partial charge in [-0.15, -0.1) is 0 Å². The first-order valence-corrected chi connectivity index (χ1v) is 9.76. The summed E-state index contributed by atoms with van der Waals surface area (Å²) in [7, 11) is -3.73. The largest absolute Gasteiger partial charge is 0.307 e. The van der Waals surface area contributed by atoms with E-state index in [1.54, 1.807) is 24.3 Å². The van der Waals surface area contributed by atoms with E-state index in [4.69, 9.17) is 0 Å². The zero-order chi connectivity index (χ0) is 19.4. The number of nitrogens with zero attached hydrogens (tertiary/aromatic N) is 1. The second-order valence-corrected chi connectivity index (χ2v) is 7.80. The standard InChI is InChI=1S/C20H19N3O3S/c1-14-6-10-17(11-7-14)23-27(25,26)18-12-8-16(9-13-18)20(24)22-19-5-3-4-15(2)21-19/h3-13,23H,1-2H3,(H,21,22,24). The molecule has 1 amide bonds. The molecule has 0 aliphatic rings. The van der Waals surface area contributed by atoms with Crippen molar-refractivity contribution in [2.24, 2.45) is 0 Å². The van der Waals surface area contributed by atoms with Crippen LogP contribution < -0.4 is 10.0 Å². The van der Waals surface area contributed by atoms with Crippen LogP contribution in [-0.2, 0) is 10.0 Å². The van der Waals surface area contributed by atoms with Crippen molar-refractivity contribution in [3.8, 4) is 0 Å². The van der Waals surface area contributed by atoms with E-state index in [2.05, 4.69) is 15.0 Å². The Kier molecular flexibility index (Phi) is 5.23. The van der Waals surface area contributed by atoms with Gasteiger partial charge in [0.15, 0.2) is 0 Å². The number of anilines is 2. The summed E-state index contributed by atoms with van der Waals surface area (Å²) in [5.74, 6) is 0.0845. The molecule has 6 nitrogen and oxygen atoms in total. The van der Waals surface area contributed by atoms with E-state index in [-0.39, 0.29) is 10.8 Å². The minimum Gasteiger partial charge on any atom is -0.307 e. The van der Waals surface area contributed by atoms with E-state index in [1.807, 2.05) is 32.0 Å². The summed E-state index contributed by atoms with van der Waals surface area (Å²) in [5.41, 5.74) is 2.65. The van der Waals surface area contributed by atoms with Gasteiger partial charge in [-0.1, -0.05) is 23.8 Å². The highest BCUT2D eigenvalue weighted by molar-refractivity contribution is 7.92. The van der Waals surface area contributed by atoms with Gasteiger partial charge >= 0.3 is 0 Å². The molecule has 0 radical (unpaired) electrons. The molecule has 0 atom stereocenters. The molecule has 0 unspecified atom stereocenters. The summed E-state index contributed by atoms with van der Waals surface area (Å²) in [6.45, 7) is 3.75. The monoisotopic (exact) mass is 381 g/mol. The summed E-state index contributed by atoms with van der Waals surface area (Å²) >= 11 is 0. The molecule has 0 aliphatic heterocycles. The van der Waals surface area contributed by atoms with Gasteiger partial charge in [0, 0.05) is 16.9 Å². The van der Waals surface area contributed by atoms with Crippen LogP contribution in [0.5, 0.6) is 0 Å². The highest BCUT2D eigenvalue weighted by Crippen LogP contribution is 2.17. The molecular weight excluding hydrogens is 362 g/mol. The summed E-state index contributed by atoms with van der Waals surface area (Å²) in [4.78, 5) is 16.6. The molecule has 27 heavy (non-hydrogen) atoms. The van der Waals surface area contributed by atoms with Crippen molar-refractivity contribution in [2.75, 3.05) is 10.0 Å². The van der Waals surface area contributed by atoms with Crippen LogP contribution in [0.4, 0.5) is 11.5 Å². The molecule has 2 N–H and O–H groups in total. The molecule has 0 spiro atoms. The number of rotatable bonds is 5. The number of amides is 1. The Morgan fingerprint density at radius 3 is 2.19 bits per heavy atom. The summed E-state index contributed by atoms with van der Waals surface area (Å²) in [6.07, 6.45) is 0. The fourth-order valence-corrected chi connectivity index (χ4v) is 3.48. The Morgan fingerprint density at radius 2 is 1.56 bits per heavy atom. The Labute approximate surface area is 158 Å². The fourth-order valence-electron chi connectivity index (χ4n) is 2.42. The first-order chi connectivity index (χ1) is 12.8. The molecule has 138 valence electrons. The van der Waals surface area contributed by atoms with Gasteiger partial charge in [0.05, 0.1) is 4.90 Å². The van der Waals surface area contributed by atoms with Gasteiger partial charge in [0.1, 0.15) is 5.82 Å². The van der Waals surface area contributed by atoms with Crippen molar-refractivity contribution in [3.63, 3.8) is 0 Å². The van der Waals surface area contributed by atoms with Crippen molar-refractivity contribution < 1.29 is 13.2 Å². The zero-order valence-electron chi connectivity index (χ0n) is 14.9. The zero-order valence-corrected chi connectivity index (χ0v) is 15.7. The molecule has 1 heterocycles. The van der Waals surface area contributed by atoms with E-state index in [0.29, 0.717) is 17.1 Å². The van der Waals surface area contributed by atoms with Gasteiger partial charge in [-0.05, 0) is 62.4 Å². The molecular formula is C20H19N3O3S. The third-order valence-corrected chi connectivity index (χ3v) is 5.26. The Hall–Kier alpha value is -3.19. The number of nitrogens with one attached hydrogen (secondary N) is 2. The lowest BCUT2D eigenvalue weighted by Crippen LogP contribution is -2.15. The maximum Gasteiger partial charge on any atom is 0.261 e. The van der Waals surface area contributed by atoms with Crippen molar-refractivity contribution in [3.05, 3.63) is 83.6 Å². The van der Waals surface area contributed by atoms with E-state index < -0.39 is 10.0 Å². The van der Waals surface area contributed by atoms with Gasteiger partial charge in [0.2, 0.25) is 0 Å². The SMILES string of the molecule is Cc1ccc(NS(=O)(=O)c2ccc(C(=O)Nc3cccc(C)n3)cc2)cc1. The second-order valence-electron chi connectivity index (χ2n) is 6.11. The predicted molar refractivity (Wildman–Crippen MR) is 105 cm³/mol. The fraction of sp³-hybridized carbons (Fsp3) is 0.100. The molecule has 0 aliphatic carbocycles. The van der Waals surface area contributed by atoms with Gasteiger partial charge in [-0.3, -0.25) is 9.52 Å². The predicted octanol–water partition coefficient (Wildman–Crippen LogP) is 3.75. The maximum absolute atomic E-state index is 12.5. The first-order valence-electron chi connectivity index (χ1n) is 8.28. The average Bonchev–Trinajstić information content (AvgIpc) is 2.63. The number of carbonyl (C=O) groups is 1. The number of sulfonamides is 1. The molecule has 0 saturated carbocycles. The lowest BCUT2D eigenvalue weighted by atomic mass is 10.2. The van der Waals surface area contributed by atoms with E-state index >= 15 is 0 Å². The molecule has 2 aromatic carbocycles. The third-order valence-electron chi connectivity index (χ3n) is 3.86. The molecule has 1 aromatic heterocycles. The Morgan fingerprint density at radius 1 is 0.889 bits per heavy atom. The molecule has 7 heteroatoms. The van der Waals surface area contributed by atoms with Crippen LogP contribution in [0, 0.1) is 13.8 Å². The number of aromatic nitrogens is 1. The lowest BCUT2D eigenvalue weighted by Gasteiger charge is -2.09. The van der Waals surface area contributed by atoms with Crippen LogP contribution in [0.3, 0.4) is 0 Å². The van der Waals surface area contributed by atoms with Crippen LogP contribution in [-0.4, -0.2) is 19.3 Å². The smallest absolute Gasteiger partial charge is 0.261 e. The van der Waals surface area contributed by atoms with Gasteiger partial charge in [-0.25, -0.2) is 13.4 Å². The molecule has 0 saturated heterocycles. The van der Waals surface area contributed by atoms with Gasteiger partial charge < -0.3 is 5.32 Å². The van der Waals surface area contributed by atoms with Crippen LogP contribution in [0.15, 0.2) is 71.6 Å². The number of benzene rings is 2. The average molecular weight is 381 g/mol. The number of carbonyl (C=O) groups excluding carboxylic acids is 1. The molecule has 0 bridgehead atoms. The Bertz CT molecular complexity index is 1060. The van der Waals surface area contributed by atoms with Crippen LogP contribution in [0.2, 0.25) is 0 Å². The van der Waals surface area contributed by atoms with Gasteiger partial charge in [-0.2, -0.15) is 0 Å². The highest BCUT2D eigenvalue weighted by Gasteiger charge is 2.15. The normalized spacial score (nSPS) is 11.0. The molecule has 3 aromatic rings. The highest BCUT2D eigenvalue weighted by atomic mass is 32.2. The minimum atomic E-state index is -3.73. The van der Waals surface area contributed by atoms with Crippen LogP contribution >= 0.6 is 0 Å². The summed E-state index contributed by atoms with van der Waals surface area (Å²) in [6, 6.07) is 18.1. The summed E-state index contributed by atoms with van der Waals surface area (Å²) in [5, 5.41) is 2.69. The van der Waals surface area contributed by atoms with Crippen LogP contribution in [0.1, 0.15) is 21.6 Å². The van der Waals surface area contributed by atoms with Crippen molar-refractivity contribution in [1.82, 2.24) is 4.98 Å². The van der Waals surface area contributed by atoms with E-state index in [9.17, 15) is 13.2 Å². The number of pyridine rings is 1. The quantitative estimate of drug-likeness (QED) is 0.704. The second kappa shape index (κ2) is 7.59. The number of hydrogen-bond donors (Lipinski definition) is 2. The van der Waals surface area contributed by atoms with E-state index in [0.717, 1.165) is 11.3 Å². The first kappa shape index (κ1) is 18.6. The van der Waals surface area contributed by atoms with Crippen molar-refractivity contribution in [1.29, 1.82) is 0 Å². The lowest BCUT2D eigenvalue weighted by molar-refractivity contribution is 0.102. The third kappa shape index (κ3) is 4.71. The Balaban J connectivity index is 1.73. The van der Waals surface area contributed by atoms with E-state index in [1.165, 1.54) is 24.3 Å². The van der Waals surface area contributed by atoms with Crippen molar-refractivity contribution in [2.45, 2.75) is 18.7 Å². The minimum absolute atomic E-state index is 0.0771. The topological polar surface area (TPSA) is 88.2 Å². The number of aryl methyl sites for hydroxylation is 2. The summed E-state index contributed by atoms with van der Waals surface area (Å²) < 4.78 is 27.5. The maximum atomic E-state index is 12.5. The van der Waals surface area contributed by atoms with Crippen molar-refractivity contribution >= 4 is 27.4 Å².